The summed E-state index contributed by atoms with van der Waals surface area (Å²) in [4.78, 5) is 65.7. The molecule has 2 aromatic rings. The maximum Gasteiger partial charge on any atom is 0.408 e. The molecular weight excluding hydrogens is 534 g/mol. The van der Waals surface area contributed by atoms with Crippen LogP contribution < -0.4 is 15.4 Å². The van der Waals surface area contributed by atoms with Crippen molar-refractivity contribution in [2.75, 3.05) is 27.0 Å². The third-order valence-electron chi connectivity index (χ3n) is 5.79. The van der Waals surface area contributed by atoms with E-state index < -0.39 is 42.9 Å². The summed E-state index contributed by atoms with van der Waals surface area (Å²) in [7, 11) is 1.44. The van der Waals surface area contributed by atoms with Crippen LogP contribution >= 0.6 is 0 Å². The van der Waals surface area contributed by atoms with Crippen molar-refractivity contribution in [3.05, 3.63) is 53.4 Å². The number of nitrogens with zero attached hydrogens (tertiary/aromatic N) is 1. The third kappa shape index (κ3) is 8.88. The number of hydrogen-bond acceptors (Lipinski definition) is 10. The molecule has 0 spiro atoms. The molecule has 1 aromatic carbocycles. The van der Waals surface area contributed by atoms with Crippen molar-refractivity contribution in [3.8, 4) is 16.9 Å². The Bertz CT molecular complexity index is 1340. The lowest BCUT2D eigenvalue weighted by Gasteiger charge is -2.19. The van der Waals surface area contributed by atoms with Crippen LogP contribution in [0.25, 0.3) is 17.2 Å². The number of carbonyl (C=O) groups is 5. The van der Waals surface area contributed by atoms with Crippen molar-refractivity contribution in [2.45, 2.75) is 39.2 Å². The SMILES string of the molecule is C=Cc1cc(C=O)c(-c2ccc(C(=O)NCC3CC3)nc2C(=O)OCOC(=O)CNC(=O)OC(C)(C)C)cc1OC. The lowest BCUT2D eigenvalue weighted by atomic mass is 9.95. The van der Waals surface area contributed by atoms with Crippen LogP contribution in [0, 0.1) is 5.92 Å². The lowest BCUT2D eigenvalue weighted by molar-refractivity contribution is -0.151. The fraction of sp³-hybridized carbons (Fsp3) is 0.379. The maximum absolute atomic E-state index is 13.1. The van der Waals surface area contributed by atoms with Crippen LogP contribution in [0.4, 0.5) is 4.79 Å². The van der Waals surface area contributed by atoms with E-state index in [1.165, 1.54) is 25.3 Å². The topological polar surface area (TPSA) is 159 Å². The smallest absolute Gasteiger partial charge is 0.408 e. The molecule has 3 rings (SSSR count). The first-order chi connectivity index (χ1) is 19.4. The van der Waals surface area contributed by atoms with Gasteiger partial charge in [0.15, 0.2) is 12.0 Å². The molecule has 0 atom stereocenters. The van der Waals surface area contributed by atoms with Gasteiger partial charge in [0, 0.05) is 23.2 Å². The number of carbonyl (C=O) groups excluding carboxylic acids is 5. The molecule has 41 heavy (non-hydrogen) atoms. The van der Waals surface area contributed by atoms with Gasteiger partial charge in [-0.1, -0.05) is 12.7 Å². The van der Waals surface area contributed by atoms with Crippen molar-refractivity contribution in [1.82, 2.24) is 15.6 Å². The van der Waals surface area contributed by atoms with Crippen LogP contribution in [0.2, 0.25) is 0 Å². The van der Waals surface area contributed by atoms with Crippen molar-refractivity contribution in [2.24, 2.45) is 5.92 Å². The Morgan fingerprint density at radius 3 is 2.39 bits per heavy atom. The number of ether oxygens (including phenoxy) is 4. The first-order valence-corrected chi connectivity index (χ1v) is 12.8. The summed E-state index contributed by atoms with van der Waals surface area (Å²) in [6.45, 7) is 7.89. The molecule has 0 radical (unpaired) electrons. The van der Waals surface area contributed by atoms with Gasteiger partial charge < -0.3 is 29.6 Å². The number of aldehydes is 1. The molecule has 12 nitrogen and oxygen atoms in total. The number of benzene rings is 1. The molecule has 1 fully saturated rings. The monoisotopic (exact) mass is 567 g/mol. The summed E-state index contributed by atoms with van der Waals surface area (Å²) in [5, 5.41) is 5.01. The van der Waals surface area contributed by atoms with Gasteiger partial charge in [0.25, 0.3) is 5.91 Å². The Kier molecular flexibility index (Phi) is 10.2. The minimum Gasteiger partial charge on any atom is -0.496 e. The number of rotatable bonds is 12. The van der Waals surface area contributed by atoms with E-state index in [0.717, 1.165) is 12.8 Å². The Balaban J connectivity index is 1.81. The molecule has 0 saturated heterocycles. The highest BCUT2D eigenvalue weighted by Gasteiger charge is 2.25. The van der Waals surface area contributed by atoms with E-state index in [1.807, 2.05) is 0 Å². The number of amides is 2. The summed E-state index contributed by atoms with van der Waals surface area (Å²) in [6, 6.07) is 5.99. The van der Waals surface area contributed by atoms with E-state index in [1.54, 1.807) is 32.9 Å². The number of aromatic nitrogens is 1. The molecular formula is C29H33N3O9. The maximum atomic E-state index is 13.1. The standard InChI is InChI=1S/C29H33N3O9/c1-6-18-11-19(15-33)21(12-23(18)38-5)20-9-10-22(26(35)30-13-17-7-8-17)32-25(20)27(36)40-16-39-24(34)14-31-28(37)41-29(2,3)4/h6,9-12,15,17H,1,7-8,13-14,16H2,2-5H3,(H,30,35)(H,31,37). The van der Waals surface area contributed by atoms with Gasteiger partial charge in [-0.2, -0.15) is 0 Å². The van der Waals surface area contributed by atoms with E-state index in [2.05, 4.69) is 22.2 Å². The number of methoxy groups -OCH3 is 1. The van der Waals surface area contributed by atoms with Crippen molar-refractivity contribution < 1.29 is 42.9 Å². The second kappa shape index (κ2) is 13.6. The van der Waals surface area contributed by atoms with E-state index in [-0.39, 0.29) is 22.5 Å². The van der Waals surface area contributed by atoms with Gasteiger partial charge in [-0.25, -0.2) is 14.6 Å². The fourth-order valence-electron chi connectivity index (χ4n) is 3.62. The summed E-state index contributed by atoms with van der Waals surface area (Å²) >= 11 is 0. The van der Waals surface area contributed by atoms with E-state index in [9.17, 15) is 24.0 Å². The van der Waals surface area contributed by atoms with Crippen LogP contribution in [0.3, 0.4) is 0 Å². The number of nitrogens with one attached hydrogen (secondary N) is 2. The largest absolute Gasteiger partial charge is 0.496 e. The zero-order valence-electron chi connectivity index (χ0n) is 23.4. The normalized spacial score (nSPS) is 12.5. The van der Waals surface area contributed by atoms with Crippen LogP contribution in [-0.2, 0) is 19.0 Å². The van der Waals surface area contributed by atoms with E-state index >= 15 is 0 Å². The molecule has 0 bridgehead atoms. The molecule has 1 saturated carbocycles. The molecule has 0 aliphatic heterocycles. The molecule has 2 N–H and O–H groups in total. The van der Waals surface area contributed by atoms with Crippen molar-refractivity contribution >= 4 is 36.3 Å². The van der Waals surface area contributed by atoms with Crippen LogP contribution in [-0.4, -0.2) is 67.8 Å². The van der Waals surface area contributed by atoms with Crippen LogP contribution in [0.15, 0.2) is 30.8 Å². The first-order valence-electron chi connectivity index (χ1n) is 12.8. The summed E-state index contributed by atoms with van der Waals surface area (Å²) in [5.41, 5.74) is 0.163. The number of hydrogen-bond donors (Lipinski definition) is 2. The van der Waals surface area contributed by atoms with Crippen molar-refractivity contribution in [1.29, 1.82) is 0 Å². The minimum absolute atomic E-state index is 0.0396. The van der Waals surface area contributed by atoms with Crippen LogP contribution in [0.5, 0.6) is 5.75 Å². The predicted molar refractivity (Wildman–Crippen MR) is 147 cm³/mol. The average molecular weight is 568 g/mol. The molecule has 0 unspecified atom stereocenters. The predicted octanol–water partition coefficient (Wildman–Crippen LogP) is 3.53. The van der Waals surface area contributed by atoms with E-state index in [4.69, 9.17) is 18.9 Å². The third-order valence-corrected chi connectivity index (χ3v) is 5.79. The fourth-order valence-corrected chi connectivity index (χ4v) is 3.62. The Labute approximate surface area is 237 Å². The Morgan fingerprint density at radius 1 is 1.05 bits per heavy atom. The zero-order valence-corrected chi connectivity index (χ0v) is 23.4. The number of pyridine rings is 1. The quantitative estimate of drug-likeness (QED) is 0.221. The Morgan fingerprint density at radius 2 is 1.78 bits per heavy atom. The molecule has 1 aliphatic rings. The van der Waals surface area contributed by atoms with E-state index in [0.29, 0.717) is 35.6 Å². The van der Waals surface area contributed by atoms with Gasteiger partial charge in [-0.3, -0.25) is 14.4 Å². The summed E-state index contributed by atoms with van der Waals surface area (Å²) in [5.74, 6) is -1.58. The molecule has 218 valence electrons. The lowest BCUT2D eigenvalue weighted by Crippen LogP contribution is -2.36. The zero-order chi connectivity index (χ0) is 30.2. The molecule has 1 aliphatic carbocycles. The average Bonchev–Trinajstić information content (AvgIpc) is 3.77. The van der Waals surface area contributed by atoms with Gasteiger partial charge in [0.05, 0.1) is 7.11 Å². The molecule has 1 heterocycles. The highest BCUT2D eigenvalue weighted by atomic mass is 16.7. The second-order valence-corrected chi connectivity index (χ2v) is 10.2. The van der Waals surface area contributed by atoms with Gasteiger partial charge in [0.1, 0.15) is 23.6 Å². The van der Waals surface area contributed by atoms with Gasteiger partial charge >= 0.3 is 18.0 Å². The summed E-state index contributed by atoms with van der Waals surface area (Å²) in [6.07, 6.45) is 3.37. The highest BCUT2D eigenvalue weighted by molar-refractivity contribution is 6.01. The second-order valence-electron chi connectivity index (χ2n) is 10.2. The minimum atomic E-state index is -1.02. The molecule has 2 amide bonds. The summed E-state index contributed by atoms with van der Waals surface area (Å²) < 4.78 is 20.4. The van der Waals surface area contributed by atoms with Gasteiger partial charge in [0.2, 0.25) is 6.79 Å². The number of alkyl carbamates (subject to hydrolysis) is 1. The molecule has 12 heteroatoms. The van der Waals surface area contributed by atoms with Gasteiger partial charge in [-0.05, 0) is 69.4 Å². The molecule has 1 aromatic heterocycles. The number of esters is 2. The first kappa shape index (κ1) is 30.8. The Hall–Kier alpha value is -4.74. The highest BCUT2D eigenvalue weighted by Crippen LogP contribution is 2.33. The van der Waals surface area contributed by atoms with Gasteiger partial charge in [-0.15, -0.1) is 0 Å². The van der Waals surface area contributed by atoms with Crippen LogP contribution in [0.1, 0.15) is 70.5 Å². The van der Waals surface area contributed by atoms with Crippen molar-refractivity contribution in [3.63, 3.8) is 0 Å².